The molecule has 1 amide bonds. The second-order valence-electron chi connectivity index (χ2n) is 4.93. The molecule has 6 heteroatoms. The minimum absolute atomic E-state index is 0.213. The molecule has 3 rings (SSSR count). The van der Waals surface area contributed by atoms with E-state index < -0.39 is 0 Å². The van der Waals surface area contributed by atoms with Crippen LogP contribution in [0.1, 0.15) is 15.9 Å². The van der Waals surface area contributed by atoms with Crippen LogP contribution in [-0.4, -0.2) is 23.0 Å². The number of rotatable bonds is 4. The first-order valence-corrected chi connectivity index (χ1v) is 6.77. The Labute approximate surface area is 126 Å². The molecule has 0 radical (unpaired) electrons. The zero-order chi connectivity index (χ0) is 15.5. The lowest BCUT2D eigenvalue weighted by atomic mass is 10.1. The first-order valence-electron chi connectivity index (χ1n) is 6.77. The Morgan fingerprint density at radius 1 is 1.14 bits per heavy atom. The van der Waals surface area contributed by atoms with Crippen molar-refractivity contribution in [1.29, 1.82) is 0 Å². The Balaban J connectivity index is 1.82. The average molecular weight is 297 g/mol. The van der Waals surface area contributed by atoms with Crippen LogP contribution in [0.15, 0.2) is 47.3 Å². The van der Waals surface area contributed by atoms with Gasteiger partial charge in [0.1, 0.15) is 0 Å². The number of imidazole rings is 1. The van der Waals surface area contributed by atoms with E-state index in [0.717, 1.165) is 5.56 Å². The molecule has 0 saturated heterocycles. The van der Waals surface area contributed by atoms with E-state index in [1.165, 1.54) is 0 Å². The fourth-order valence-corrected chi connectivity index (χ4v) is 2.28. The second-order valence-corrected chi connectivity index (χ2v) is 4.93. The Morgan fingerprint density at radius 2 is 1.95 bits per heavy atom. The Bertz CT molecular complexity index is 879. The summed E-state index contributed by atoms with van der Waals surface area (Å²) in [5.41, 5.74) is 3.18. The van der Waals surface area contributed by atoms with Crippen LogP contribution in [0.4, 0.5) is 5.69 Å². The van der Waals surface area contributed by atoms with E-state index in [0.29, 0.717) is 28.9 Å². The fraction of sp³-hybridized carbons (Fsp3) is 0.125. The van der Waals surface area contributed by atoms with Crippen LogP contribution in [-0.2, 0) is 11.3 Å². The first kappa shape index (κ1) is 14.1. The normalized spacial score (nSPS) is 10.8. The van der Waals surface area contributed by atoms with Crippen molar-refractivity contribution in [3.63, 3.8) is 0 Å². The van der Waals surface area contributed by atoms with Gasteiger partial charge in [-0.2, -0.15) is 0 Å². The quantitative estimate of drug-likeness (QED) is 0.690. The largest absolute Gasteiger partial charge is 0.380 e. The van der Waals surface area contributed by atoms with Crippen molar-refractivity contribution in [3.05, 3.63) is 64.1 Å². The predicted molar refractivity (Wildman–Crippen MR) is 84.0 cm³/mol. The van der Waals surface area contributed by atoms with E-state index in [1.54, 1.807) is 37.4 Å². The van der Waals surface area contributed by atoms with Gasteiger partial charge < -0.3 is 20.0 Å². The number of hydrogen-bond donors (Lipinski definition) is 3. The Kier molecular flexibility index (Phi) is 3.76. The standard InChI is InChI=1S/C16H15N3O3/c1-22-9-10-3-2-4-11(7-10)15(20)17-12-5-6-13-14(8-12)19-16(21)18-13/h2-8H,9H2,1H3,(H,17,20)(H2,18,19,21). The highest BCUT2D eigenvalue weighted by Gasteiger charge is 2.08. The molecule has 0 atom stereocenters. The molecule has 0 spiro atoms. The topological polar surface area (TPSA) is 87.0 Å². The van der Waals surface area contributed by atoms with Crippen molar-refractivity contribution in [3.8, 4) is 0 Å². The highest BCUT2D eigenvalue weighted by molar-refractivity contribution is 6.05. The number of nitrogens with one attached hydrogen (secondary N) is 3. The smallest absolute Gasteiger partial charge is 0.323 e. The molecule has 0 unspecified atom stereocenters. The Morgan fingerprint density at radius 3 is 2.77 bits per heavy atom. The van der Waals surface area contributed by atoms with Gasteiger partial charge in [-0.3, -0.25) is 4.79 Å². The fourth-order valence-electron chi connectivity index (χ4n) is 2.28. The minimum atomic E-state index is -0.272. The summed E-state index contributed by atoms with van der Waals surface area (Å²) in [5.74, 6) is -0.213. The maximum atomic E-state index is 12.3. The second kappa shape index (κ2) is 5.87. The van der Waals surface area contributed by atoms with Gasteiger partial charge in [-0.15, -0.1) is 0 Å². The average Bonchev–Trinajstić information content (AvgIpc) is 2.87. The SMILES string of the molecule is COCc1cccc(C(=O)Nc2ccc3[nH]c(=O)[nH]c3c2)c1. The highest BCUT2D eigenvalue weighted by atomic mass is 16.5. The number of H-pyrrole nitrogens is 2. The summed E-state index contributed by atoms with van der Waals surface area (Å²) in [4.78, 5) is 28.8. The van der Waals surface area contributed by atoms with E-state index in [4.69, 9.17) is 4.74 Å². The Hall–Kier alpha value is -2.86. The van der Waals surface area contributed by atoms with Gasteiger partial charge in [0.15, 0.2) is 0 Å². The van der Waals surface area contributed by atoms with Gasteiger partial charge in [-0.1, -0.05) is 12.1 Å². The molecule has 22 heavy (non-hydrogen) atoms. The van der Waals surface area contributed by atoms with E-state index in [-0.39, 0.29) is 11.6 Å². The summed E-state index contributed by atoms with van der Waals surface area (Å²) in [7, 11) is 1.61. The lowest BCUT2D eigenvalue weighted by Gasteiger charge is -2.07. The molecule has 0 aliphatic heterocycles. The maximum Gasteiger partial charge on any atom is 0.323 e. The van der Waals surface area contributed by atoms with Crippen molar-refractivity contribution in [2.75, 3.05) is 12.4 Å². The molecule has 0 saturated carbocycles. The zero-order valence-corrected chi connectivity index (χ0v) is 12.0. The number of methoxy groups -OCH3 is 1. The van der Waals surface area contributed by atoms with Gasteiger partial charge >= 0.3 is 5.69 Å². The third-order valence-electron chi connectivity index (χ3n) is 3.27. The van der Waals surface area contributed by atoms with Crippen LogP contribution in [0, 0.1) is 0 Å². The van der Waals surface area contributed by atoms with Crippen LogP contribution < -0.4 is 11.0 Å². The van der Waals surface area contributed by atoms with Gasteiger partial charge in [0.25, 0.3) is 5.91 Å². The van der Waals surface area contributed by atoms with Crippen molar-refractivity contribution in [2.45, 2.75) is 6.61 Å². The number of carbonyl (C=O) groups excluding carboxylic acids is 1. The summed E-state index contributed by atoms with van der Waals surface area (Å²) in [6.07, 6.45) is 0. The molecule has 0 aliphatic carbocycles. The monoisotopic (exact) mass is 297 g/mol. The van der Waals surface area contributed by atoms with E-state index in [9.17, 15) is 9.59 Å². The number of amides is 1. The van der Waals surface area contributed by atoms with E-state index in [2.05, 4.69) is 15.3 Å². The number of fused-ring (bicyclic) bond motifs is 1. The molecular formula is C16H15N3O3. The summed E-state index contributed by atoms with van der Waals surface area (Å²) >= 11 is 0. The number of aromatic nitrogens is 2. The molecular weight excluding hydrogens is 282 g/mol. The molecule has 2 aromatic carbocycles. The van der Waals surface area contributed by atoms with Crippen LogP contribution in [0.2, 0.25) is 0 Å². The highest BCUT2D eigenvalue weighted by Crippen LogP contribution is 2.16. The van der Waals surface area contributed by atoms with Crippen molar-refractivity contribution >= 4 is 22.6 Å². The molecule has 6 nitrogen and oxygen atoms in total. The first-order chi connectivity index (χ1) is 10.7. The van der Waals surface area contributed by atoms with Gasteiger partial charge in [0, 0.05) is 18.4 Å². The summed E-state index contributed by atoms with van der Waals surface area (Å²) in [6, 6.07) is 12.4. The van der Waals surface area contributed by atoms with Gasteiger partial charge in [0.2, 0.25) is 0 Å². The van der Waals surface area contributed by atoms with Crippen molar-refractivity contribution < 1.29 is 9.53 Å². The molecule has 3 N–H and O–H groups in total. The molecule has 112 valence electrons. The lowest BCUT2D eigenvalue weighted by molar-refractivity contribution is 0.102. The molecule has 3 aromatic rings. The number of hydrogen-bond acceptors (Lipinski definition) is 3. The molecule has 1 aromatic heterocycles. The number of aromatic amines is 2. The minimum Gasteiger partial charge on any atom is -0.380 e. The maximum absolute atomic E-state index is 12.3. The van der Waals surface area contributed by atoms with Gasteiger partial charge in [-0.25, -0.2) is 4.79 Å². The lowest BCUT2D eigenvalue weighted by Crippen LogP contribution is -2.12. The van der Waals surface area contributed by atoms with Crippen LogP contribution in [0.25, 0.3) is 11.0 Å². The zero-order valence-electron chi connectivity index (χ0n) is 12.0. The number of carbonyl (C=O) groups is 1. The van der Waals surface area contributed by atoms with E-state index in [1.807, 2.05) is 12.1 Å². The molecule has 1 heterocycles. The van der Waals surface area contributed by atoms with E-state index >= 15 is 0 Å². The van der Waals surface area contributed by atoms with Crippen LogP contribution >= 0.6 is 0 Å². The van der Waals surface area contributed by atoms with Gasteiger partial charge in [-0.05, 0) is 35.9 Å². The number of anilines is 1. The summed E-state index contributed by atoms with van der Waals surface area (Å²) in [6.45, 7) is 0.456. The number of ether oxygens (including phenoxy) is 1. The van der Waals surface area contributed by atoms with Gasteiger partial charge in [0.05, 0.1) is 17.6 Å². The molecule has 0 bridgehead atoms. The molecule has 0 fully saturated rings. The third kappa shape index (κ3) is 2.91. The number of benzene rings is 2. The van der Waals surface area contributed by atoms with Crippen LogP contribution in [0.3, 0.4) is 0 Å². The third-order valence-corrected chi connectivity index (χ3v) is 3.27. The van der Waals surface area contributed by atoms with Crippen LogP contribution in [0.5, 0.6) is 0 Å². The van der Waals surface area contributed by atoms with Crippen molar-refractivity contribution in [2.24, 2.45) is 0 Å². The predicted octanol–water partition coefficient (Wildman–Crippen LogP) is 2.25. The molecule has 0 aliphatic rings. The summed E-state index contributed by atoms with van der Waals surface area (Å²) < 4.78 is 5.06. The summed E-state index contributed by atoms with van der Waals surface area (Å²) in [5, 5.41) is 2.81. The van der Waals surface area contributed by atoms with Crippen molar-refractivity contribution in [1.82, 2.24) is 9.97 Å².